The Morgan fingerprint density at radius 1 is 1.21 bits per heavy atom. The van der Waals surface area contributed by atoms with Crippen molar-refractivity contribution in [3.8, 4) is 0 Å². The summed E-state index contributed by atoms with van der Waals surface area (Å²) in [4.78, 5) is 14.7. The predicted molar refractivity (Wildman–Crippen MR) is 125 cm³/mol. The standard InChI is InChI=1S/C21H34ClN3O2.2ClH/c1-21(2)16-25(13-14-27-21)19(17-8-10-18(22)11-9-17)15-24-20(26)7-5-3-4-6-12-23;;/h8-11,19H,3-7,12-16,23H2,1-2H3,(H,24,26);2*1H. The van der Waals surface area contributed by atoms with Gasteiger partial charge in [-0.15, -0.1) is 24.8 Å². The Morgan fingerprint density at radius 3 is 2.48 bits per heavy atom. The molecule has 1 heterocycles. The average Bonchev–Trinajstić information content (AvgIpc) is 2.62. The van der Waals surface area contributed by atoms with Crippen molar-refractivity contribution in [1.82, 2.24) is 10.2 Å². The van der Waals surface area contributed by atoms with Crippen molar-refractivity contribution < 1.29 is 9.53 Å². The number of morpholine rings is 1. The summed E-state index contributed by atoms with van der Waals surface area (Å²) in [5, 5.41) is 3.86. The van der Waals surface area contributed by atoms with Crippen molar-refractivity contribution in [1.29, 1.82) is 0 Å². The highest BCUT2D eigenvalue weighted by Crippen LogP contribution is 2.27. The third-order valence-corrected chi connectivity index (χ3v) is 5.25. The molecule has 3 N–H and O–H groups in total. The molecule has 0 radical (unpaired) electrons. The Labute approximate surface area is 192 Å². The average molecular weight is 469 g/mol. The number of halogens is 3. The summed E-state index contributed by atoms with van der Waals surface area (Å²) in [6, 6.07) is 8.04. The molecule has 0 aliphatic carbocycles. The molecular formula is C21H36Cl3N3O2. The van der Waals surface area contributed by atoms with Gasteiger partial charge in [0.2, 0.25) is 5.91 Å². The van der Waals surface area contributed by atoms with E-state index in [9.17, 15) is 4.79 Å². The van der Waals surface area contributed by atoms with E-state index in [1.54, 1.807) is 0 Å². The number of hydrogen-bond acceptors (Lipinski definition) is 4. The molecule has 1 saturated heterocycles. The molecule has 29 heavy (non-hydrogen) atoms. The van der Waals surface area contributed by atoms with Gasteiger partial charge < -0.3 is 15.8 Å². The minimum Gasteiger partial charge on any atom is -0.373 e. The molecule has 0 bridgehead atoms. The van der Waals surface area contributed by atoms with E-state index >= 15 is 0 Å². The molecule has 0 saturated carbocycles. The number of hydrogen-bond donors (Lipinski definition) is 2. The molecule has 5 nitrogen and oxygen atoms in total. The van der Waals surface area contributed by atoms with E-state index in [0.717, 1.165) is 50.3 Å². The minimum absolute atomic E-state index is 0. The predicted octanol–water partition coefficient (Wildman–Crippen LogP) is 4.36. The Hall–Kier alpha value is -0.560. The van der Waals surface area contributed by atoms with Crippen LogP contribution in [0, 0.1) is 0 Å². The maximum absolute atomic E-state index is 12.3. The maximum atomic E-state index is 12.3. The lowest BCUT2D eigenvalue weighted by atomic mass is 10.0. The van der Waals surface area contributed by atoms with Crippen LogP contribution in [0.1, 0.15) is 57.6 Å². The molecule has 168 valence electrons. The van der Waals surface area contributed by atoms with E-state index in [2.05, 4.69) is 36.2 Å². The Morgan fingerprint density at radius 2 is 1.86 bits per heavy atom. The third kappa shape index (κ3) is 10.3. The number of nitrogens with one attached hydrogen (secondary N) is 1. The second-order valence-electron chi connectivity index (χ2n) is 7.90. The first-order chi connectivity index (χ1) is 12.9. The normalized spacial score (nSPS) is 17.0. The van der Waals surface area contributed by atoms with Gasteiger partial charge in [-0.05, 0) is 50.9 Å². The van der Waals surface area contributed by atoms with Crippen LogP contribution < -0.4 is 11.1 Å². The summed E-state index contributed by atoms with van der Waals surface area (Å²) < 4.78 is 5.85. The number of unbranched alkanes of at least 4 members (excludes halogenated alkanes) is 3. The lowest BCUT2D eigenvalue weighted by Gasteiger charge is -2.42. The molecule has 1 fully saturated rings. The smallest absolute Gasteiger partial charge is 0.220 e. The van der Waals surface area contributed by atoms with Crippen molar-refractivity contribution in [3.05, 3.63) is 34.9 Å². The number of benzene rings is 1. The van der Waals surface area contributed by atoms with Crippen molar-refractivity contribution in [2.24, 2.45) is 5.73 Å². The van der Waals surface area contributed by atoms with Crippen LogP contribution >= 0.6 is 36.4 Å². The van der Waals surface area contributed by atoms with Crippen LogP contribution in [-0.4, -0.2) is 49.2 Å². The summed E-state index contributed by atoms with van der Waals surface area (Å²) in [5.41, 5.74) is 6.49. The highest BCUT2D eigenvalue weighted by atomic mass is 35.5. The van der Waals surface area contributed by atoms with Gasteiger partial charge in [-0.25, -0.2) is 0 Å². The number of carbonyl (C=O) groups excluding carboxylic acids is 1. The Kier molecular flexibility index (Phi) is 14.2. The van der Waals surface area contributed by atoms with Crippen LogP contribution in [0.25, 0.3) is 0 Å². The topological polar surface area (TPSA) is 67.6 Å². The second-order valence-corrected chi connectivity index (χ2v) is 8.34. The molecular weight excluding hydrogens is 433 g/mol. The van der Waals surface area contributed by atoms with Crippen LogP contribution in [0.15, 0.2) is 24.3 Å². The molecule has 1 aromatic rings. The maximum Gasteiger partial charge on any atom is 0.220 e. The fraction of sp³-hybridized carbons (Fsp3) is 0.667. The van der Waals surface area contributed by atoms with E-state index in [1.165, 1.54) is 5.56 Å². The van der Waals surface area contributed by atoms with Gasteiger partial charge in [0.25, 0.3) is 0 Å². The van der Waals surface area contributed by atoms with E-state index in [0.29, 0.717) is 19.6 Å². The first-order valence-electron chi connectivity index (χ1n) is 10.0. The van der Waals surface area contributed by atoms with Crippen LogP contribution in [0.2, 0.25) is 5.02 Å². The zero-order valence-corrected chi connectivity index (χ0v) is 19.9. The van der Waals surface area contributed by atoms with Gasteiger partial charge in [0.1, 0.15) is 0 Å². The van der Waals surface area contributed by atoms with Crippen LogP contribution in [0.5, 0.6) is 0 Å². The fourth-order valence-corrected chi connectivity index (χ4v) is 3.67. The van der Waals surface area contributed by atoms with Gasteiger partial charge >= 0.3 is 0 Å². The molecule has 0 spiro atoms. The Bertz CT molecular complexity index is 585. The molecule has 8 heteroatoms. The van der Waals surface area contributed by atoms with E-state index < -0.39 is 0 Å². The lowest BCUT2D eigenvalue weighted by molar-refractivity contribution is -0.122. The van der Waals surface area contributed by atoms with Gasteiger partial charge in [-0.3, -0.25) is 9.69 Å². The largest absolute Gasteiger partial charge is 0.373 e. The number of amides is 1. The van der Waals surface area contributed by atoms with E-state index in [-0.39, 0.29) is 42.4 Å². The van der Waals surface area contributed by atoms with Crippen molar-refractivity contribution in [2.45, 2.75) is 57.6 Å². The molecule has 1 atom stereocenters. The minimum atomic E-state index is -0.185. The third-order valence-electron chi connectivity index (χ3n) is 5.00. The van der Waals surface area contributed by atoms with Crippen LogP contribution in [0.4, 0.5) is 0 Å². The number of nitrogens with zero attached hydrogens (tertiary/aromatic N) is 1. The number of ether oxygens (including phenoxy) is 1. The van der Waals surface area contributed by atoms with Gasteiger partial charge in [0.05, 0.1) is 18.2 Å². The summed E-state index contributed by atoms with van der Waals surface area (Å²) in [6.07, 6.45) is 4.69. The van der Waals surface area contributed by atoms with Crippen molar-refractivity contribution in [2.75, 3.05) is 32.8 Å². The molecule has 1 unspecified atom stereocenters. The van der Waals surface area contributed by atoms with E-state index in [1.807, 2.05) is 12.1 Å². The summed E-state index contributed by atoms with van der Waals surface area (Å²) in [5.74, 6) is 0.120. The van der Waals surface area contributed by atoms with Gasteiger partial charge in [0.15, 0.2) is 0 Å². The van der Waals surface area contributed by atoms with E-state index in [4.69, 9.17) is 22.1 Å². The molecule has 1 aliphatic rings. The van der Waals surface area contributed by atoms with Crippen LogP contribution in [-0.2, 0) is 9.53 Å². The first-order valence-corrected chi connectivity index (χ1v) is 10.4. The second kappa shape index (κ2) is 14.4. The van der Waals surface area contributed by atoms with Gasteiger partial charge in [-0.1, -0.05) is 36.6 Å². The Balaban J connectivity index is 0.00000392. The highest BCUT2D eigenvalue weighted by molar-refractivity contribution is 6.30. The monoisotopic (exact) mass is 467 g/mol. The number of carbonyl (C=O) groups is 1. The van der Waals surface area contributed by atoms with Crippen molar-refractivity contribution >= 4 is 42.3 Å². The molecule has 1 amide bonds. The zero-order valence-electron chi connectivity index (χ0n) is 17.5. The van der Waals surface area contributed by atoms with Gasteiger partial charge in [0, 0.05) is 31.1 Å². The van der Waals surface area contributed by atoms with Crippen molar-refractivity contribution in [3.63, 3.8) is 0 Å². The fourth-order valence-electron chi connectivity index (χ4n) is 3.54. The molecule has 2 rings (SSSR count). The quantitative estimate of drug-likeness (QED) is 0.501. The summed E-state index contributed by atoms with van der Waals surface area (Å²) in [6.45, 7) is 7.92. The number of rotatable bonds is 10. The summed E-state index contributed by atoms with van der Waals surface area (Å²) in [7, 11) is 0. The lowest BCUT2D eigenvalue weighted by Crippen LogP contribution is -2.51. The molecule has 1 aromatic carbocycles. The first kappa shape index (κ1) is 28.4. The number of nitrogens with two attached hydrogens (primary N) is 1. The van der Waals surface area contributed by atoms with Crippen LogP contribution in [0.3, 0.4) is 0 Å². The van der Waals surface area contributed by atoms with Gasteiger partial charge in [-0.2, -0.15) is 0 Å². The highest BCUT2D eigenvalue weighted by Gasteiger charge is 2.32. The molecule has 1 aliphatic heterocycles. The zero-order chi connectivity index (χ0) is 19.7. The SMILES string of the molecule is CC1(C)CN(C(CNC(=O)CCCCCCN)c2ccc(Cl)cc2)CCO1.Cl.Cl. The summed E-state index contributed by atoms with van der Waals surface area (Å²) >= 11 is 6.06. The molecule has 0 aromatic heterocycles.